The van der Waals surface area contributed by atoms with Gasteiger partial charge in [0.25, 0.3) is 6.43 Å². The summed E-state index contributed by atoms with van der Waals surface area (Å²) in [6.07, 6.45) is -2.72. The third-order valence-corrected chi connectivity index (χ3v) is 2.07. The van der Waals surface area contributed by atoms with Crippen molar-refractivity contribution in [2.24, 2.45) is 0 Å². The summed E-state index contributed by atoms with van der Waals surface area (Å²) in [7, 11) is 1.25. The van der Waals surface area contributed by atoms with Crippen LogP contribution < -0.4 is 4.74 Å². The van der Waals surface area contributed by atoms with Crippen molar-refractivity contribution < 1.29 is 18.6 Å². The topological polar surface area (TPSA) is 42.4 Å². The predicted molar refractivity (Wildman–Crippen MR) is 49.4 cm³/mol. The molecule has 0 spiro atoms. The first kappa shape index (κ1) is 11.3. The van der Waals surface area contributed by atoms with Gasteiger partial charge in [0.15, 0.2) is 0 Å². The number of pyridine rings is 1. The Morgan fingerprint density at radius 2 is 2.29 bits per heavy atom. The molecular formula is C8H8BrF2NO2. The predicted octanol–water partition coefficient (Wildman–Crippen LogP) is 2.28. The van der Waals surface area contributed by atoms with Gasteiger partial charge in [-0.25, -0.2) is 13.8 Å². The summed E-state index contributed by atoms with van der Waals surface area (Å²) in [5.74, 6) is -0.168. The third kappa shape index (κ3) is 2.19. The molecule has 0 unspecified atom stereocenters. The molecular weight excluding hydrogens is 260 g/mol. The second kappa shape index (κ2) is 4.65. The zero-order chi connectivity index (χ0) is 10.7. The van der Waals surface area contributed by atoms with Crippen LogP contribution in [-0.4, -0.2) is 17.2 Å². The summed E-state index contributed by atoms with van der Waals surface area (Å²) in [5.41, 5.74) is -0.253. The molecule has 0 aliphatic carbocycles. The van der Waals surface area contributed by atoms with E-state index in [0.717, 1.165) is 0 Å². The Kier molecular flexibility index (Phi) is 3.77. The number of ether oxygens (including phenoxy) is 1. The first-order valence-electron chi connectivity index (χ1n) is 3.72. The van der Waals surface area contributed by atoms with E-state index in [9.17, 15) is 8.78 Å². The molecule has 78 valence electrons. The second-order valence-corrected chi connectivity index (χ2v) is 3.30. The molecule has 0 aliphatic rings. The number of halogens is 3. The van der Waals surface area contributed by atoms with Crippen LogP contribution in [0.3, 0.4) is 0 Å². The van der Waals surface area contributed by atoms with Crippen molar-refractivity contribution in [2.75, 3.05) is 7.11 Å². The summed E-state index contributed by atoms with van der Waals surface area (Å²) >= 11 is 3.03. The zero-order valence-electron chi connectivity index (χ0n) is 7.30. The lowest BCUT2D eigenvalue weighted by Gasteiger charge is -2.11. The van der Waals surface area contributed by atoms with Crippen molar-refractivity contribution in [3.8, 4) is 5.88 Å². The first-order valence-corrected chi connectivity index (χ1v) is 4.51. The minimum atomic E-state index is -2.72. The maximum Gasteiger partial charge on any atom is 0.269 e. The Morgan fingerprint density at radius 3 is 2.71 bits per heavy atom. The standard InChI is InChI=1S/C8H8BrF2NO2/c1-14-8-6(7(10)11)4(3-13)2-5(9)12-8/h2,7,13H,3H2,1H3. The highest BCUT2D eigenvalue weighted by Crippen LogP contribution is 2.32. The molecule has 3 nitrogen and oxygen atoms in total. The summed E-state index contributed by atoms with van der Waals surface area (Å²) < 4.78 is 30.1. The zero-order valence-corrected chi connectivity index (χ0v) is 8.88. The average Bonchev–Trinajstić information content (AvgIpc) is 2.15. The Hall–Kier alpha value is -0.750. The van der Waals surface area contributed by atoms with Gasteiger partial charge in [-0.1, -0.05) is 0 Å². The van der Waals surface area contributed by atoms with Gasteiger partial charge >= 0.3 is 0 Å². The average molecular weight is 268 g/mol. The number of hydrogen-bond acceptors (Lipinski definition) is 3. The first-order chi connectivity index (χ1) is 6.60. The number of nitrogens with zero attached hydrogens (tertiary/aromatic N) is 1. The number of methoxy groups -OCH3 is 1. The molecule has 0 atom stereocenters. The quantitative estimate of drug-likeness (QED) is 0.855. The van der Waals surface area contributed by atoms with E-state index >= 15 is 0 Å². The molecule has 1 N–H and O–H groups in total. The number of alkyl halides is 2. The summed E-state index contributed by atoms with van der Waals surface area (Å²) in [4.78, 5) is 3.72. The Labute approximate surface area is 87.9 Å². The molecule has 0 radical (unpaired) electrons. The highest BCUT2D eigenvalue weighted by atomic mass is 79.9. The van der Waals surface area contributed by atoms with Gasteiger partial charge in [-0.05, 0) is 27.6 Å². The minimum absolute atomic E-state index is 0.110. The van der Waals surface area contributed by atoms with E-state index in [0.29, 0.717) is 4.60 Å². The van der Waals surface area contributed by atoms with Gasteiger partial charge in [0.1, 0.15) is 4.60 Å². The smallest absolute Gasteiger partial charge is 0.269 e. The number of aliphatic hydroxyl groups excluding tert-OH is 1. The number of aromatic nitrogens is 1. The SMILES string of the molecule is COc1nc(Br)cc(CO)c1C(F)F. The molecule has 0 saturated carbocycles. The molecule has 1 rings (SSSR count). The van der Waals surface area contributed by atoms with Crippen LogP contribution in [0.4, 0.5) is 8.78 Å². The molecule has 0 saturated heterocycles. The lowest BCUT2D eigenvalue weighted by Crippen LogP contribution is -2.02. The van der Waals surface area contributed by atoms with Crippen LogP contribution in [0.25, 0.3) is 0 Å². The largest absolute Gasteiger partial charge is 0.481 e. The minimum Gasteiger partial charge on any atom is -0.481 e. The summed E-state index contributed by atoms with van der Waals surface area (Å²) in [6.45, 7) is -0.475. The maximum absolute atomic E-state index is 12.5. The monoisotopic (exact) mass is 267 g/mol. The van der Waals surface area contributed by atoms with E-state index in [1.807, 2.05) is 0 Å². The molecule has 0 amide bonds. The van der Waals surface area contributed by atoms with E-state index in [-0.39, 0.29) is 17.0 Å². The van der Waals surface area contributed by atoms with Crippen molar-refractivity contribution in [3.63, 3.8) is 0 Å². The molecule has 0 aliphatic heterocycles. The highest BCUT2D eigenvalue weighted by molar-refractivity contribution is 9.10. The van der Waals surface area contributed by atoms with E-state index in [1.54, 1.807) is 0 Å². The molecule has 0 bridgehead atoms. The number of hydrogen-bond donors (Lipinski definition) is 1. The van der Waals surface area contributed by atoms with Crippen molar-refractivity contribution in [1.29, 1.82) is 0 Å². The number of aliphatic hydroxyl groups is 1. The van der Waals surface area contributed by atoms with Gasteiger partial charge in [-0.15, -0.1) is 0 Å². The fourth-order valence-corrected chi connectivity index (χ4v) is 1.51. The third-order valence-electron chi connectivity index (χ3n) is 1.66. The van der Waals surface area contributed by atoms with E-state index in [1.165, 1.54) is 13.2 Å². The molecule has 14 heavy (non-hydrogen) atoms. The van der Waals surface area contributed by atoms with Crippen LogP contribution in [0.15, 0.2) is 10.7 Å². The van der Waals surface area contributed by atoms with Gasteiger partial charge in [0.2, 0.25) is 5.88 Å². The van der Waals surface area contributed by atoms with Gasteiger partial charge in [0, 0.05) is 0 Å². The van der Waals surface area contributed by atoms with Gasteiger partial charge in [0.05, 0.1) is 19.3 Å². The Balaban J connectivity index is 3.33. The van der Waals surface area contributed by atoms with Crippen molar-refractivity contribution in [1.82, 2.24) is 4.98 Å². The highest BCUT2D eigenvalue weighted by Gasteiger charge is 2.20. The van der Waals surface area contributed by atoms with Crippen LogP contribution in [0.5, 0.6) is 5.88 Å². The van der Waals surface area contributed by atoms with Gasteiger partial charge in [-0.3, -0.25) is 0 Å². The Morgan fingerprint density at radius 1 is 1.64 bits per heavy atom. The number of rotatable bonds is 3. The van der Waals surface area contributed by atoms with E-state index < -0.39 is 13.0 Å². The normalized spacial score (nSPS) is 10.7. The van der Waals surface area contributed by atoms with Gasteiger partial charge < -0.3 is 9.84 Å². The molecule has 1 aromatic rings. The fraction of sp³-hybridized carbons (Fsp3) is 0.375. The molecule has 6 heteroatoms. The van der Waals surface area contributed by atoms with E-state index in [4.69, 9.17) is 9.84 Å². The van der Waals surface area contributed by atoms with Gasteiger partial charge in [-0.2, -0.15) is 0 Å². The van der Waals surface area contributed by atoms with E-state index in [2.05, 4.69) is 20.9 Å². The molecule has 0 fully saturated rings. The van der Waals surface area contributed by atoms with Crippen molar-refractivity contribution in [3.05, 3.63) is 21.8 Å². The molecule has 1 aromatic heterocycles. The van der Waals surface area contributed by atoms with Crippen LogP contribution in [0.1, 0.15) is 17.6 Å². The van der Waals surface area contributed by atoms with Crippen molar-refractivity contribution in [2.45, 2.75) is 13.0 Å². The summed E-state index contributed by atoms with van der Waals surface area (Å²) in [6, 6.07) is 1.34. The van der Waals surface area contributed by atoms with Crippen LogP contribution in [0.2, 0.25) is 0 Å². The lowest BCUT2D eigenvalue weighted by atomic mass is 10.1. The maximum atomic E-state index is 12.5. The van der Waals surface area contributed by atoms with Crippen LogP contribution in [0, 0.1) is 0 Å². The lowest BCUT2D eigenvalue weighted by molar-refractivity contribution is 0.141. The Bertz CT molecular complexity index is 308. The van der Waals surface area contributed by atoms with Crippen LogP contribution >= 0.6 is 15.9 Å². The van der Waals surface area contributed by atoms with Crippen molar-refractivity contribution >= 4 is 15.9 Å². The molecule has 1 heterocycles. The summed E-state index contributed by atoms with van der Waals surface area (Å²) in [5, 5.41) is 8.87. The fourth-order valence-electron chi connectivity index (χ4n) is 1.07. The second-order valence-electron chi connectivity index (χ2n) is 2.49. The van der Waals surface area contributed by atoms with Crippen LogP contribution in [-0.2, 0) is 6.61 Å². The molecule has 0 aromatic carbocycles.